The van der Waals surface area contributed by atoms with Crippen LogP contribution in [-0.2, 0) is 0 Å². The molecule has 3 aromatic rings. The van der Waals surface area contributed by atoms with E-state index < -0.39 is 5.97 Å². The van der Waals surface area contributed by atoms with Crippen molar-refractivity contribution < 1.29 is 14.3 Å². The summed E-state index contributed by atoms with van der Waals surface area (Å²) in [4.78, 5) is 12.5. The van der Waals surface area contributed by atoms with Crippen molar-refractivity contribution in [1.29, 1.82) is 0 Å². The van der Waals surface area contributed by atoms with Gasteiger partial charge in [0.25, 0.3) is 0 Å². The smallest absolute Gasteiger partial charge is 0.366 e. The number of ether oxygens (including phenoxy) is 2. The molecule has 0 aliphatic rings. The highest BCUT2D eigenvalue weighted by Gasteiger charge is 2.21. The molecule has 128 valence electrons. The van der Waals surface area contributed by atoms with Crippen LogP contribution in [0, 0.1) is 13.8 Å². The molecule has 2 aromatic carbocycles. The molecule has 0 spiro atoms. The van der Waals surface area contributed by atoms with Crippen LogP contribution in [0.25, 0.3) is 5.69 Å². The number of aryl methyl sites for hydroxylation is 1. The molecule has 0 amide bonds. The van der Waals surface area contributed by atoms with Crippen LogP contribution in [0.2, 0.25) is 0 Å². The number of nitrogens with zero attached hydrogens (tertiary/aromatic N) is 3. The van der Waals surface area contributed by atoms with Gasteiger partial charge >= 0.3 is 5.97 Å². The van der Waals surface area contributed by atoms with Crippen LogP contribution >= 0.6 is 0 Å². The van der Waals surface area contributed by atoms with Gasteiger partial charge in [0.1, 0.15) is 17.2 Å². The summed E-state index contributed by atoms with van der Waals surface area (Å²) in [5.41, 5.74) is 2.37. The quantitative estimate of drug-likeness (QED) is 0.526. The Bertz CT molecular complexity index is 902. The first-order valence-corrected chi connectivity index (χ1v) is 8.04. The minimum atomic E-state index is -0.535. The van der Waals surface area contributed by atoms with Crippen molar-refractivity contribution >= 4 is 5.97 Å². The van der Waals surface area contributed by atoms with Crippen LogP contribution in [0.1, 0.15) is 28.7 Å². The van der Waals surface area contributed by atoms with E-state index in [0.29, 0.717) is 23.8 Å². The molecule has 0 fully saturated rings. The Morgan fingerprint density at radius 1 is 1.04 bits per heavy atom. The zero-order chi connectivity index (χ0) is 17.8. The Hall–Kier alpha value is -3.15. The maximum Gasteiger partial charge on any atom is 0.366 e. The van der Waals surface area contributed by atoms with Crippen molar-refractivity contribution in [3.05, 3.63) is 65.5 Å². The first-order chi connectivity index (χ1) is 12.1. The van der Waals surface area contributed by atoms with E-state index in [1.807, 2.05) is 56.3 Å². The fourth-order valence-electron chi connectivity index (χ4n) is 2.48. The third-order valence-electron chi connectivity index (χ3n) is 3.78. The largest absolute Gasteiger partial charge is 0.492 e. The molecular formula is C19H19N3O3. The van der Waals surface area contributed by atoms with Crippen molar-refractivity contribution in [1.82, 2.24) is 15.0 Å². The summed E-state index contributed by atoms with van der Waals surface area (Å²) < 4.78 is 12.7. The lowest BCUT2D eigenvalue weighted by atomic mass is 10.2. The fourth-order valence-corrected chi connectivity index (χ4v) is 2.48. The van der Waals surface area contributed by atoms with E-state index >= 15 is 0 Å². The van der Waals surface area contributed by atoms with Crippen molar-refractivity contribution in [3.63, 3.8) is 0 Å². The molecule has 0 N–H and O–H groups in total. The molecule has 1 aromatic heterocycles. The van der Waals surface area contributed by atoms with Gasteiger partial charge in [0.05, 0.1) is 12.3 Å². The van der Waals surface area contributed by atoms with Gasteiger partial charge in [-0.2, -0.15) is 0 Å². The Kier molecular flexibility index (Phi) is 4.79. The number of carbonyl (C=O) groups excluding carboxylic acids is 1. The number of hydrogen-bond donors (Lipinski definition) is 0. The van der Waals surface area contributed by atoms with Gasteiger partial charge in [0.2, 0.25) is 0 Å². The summed E-state index contributed by atoms with van der Waals surface area (Å²) in [6.07, 6.45) is 0. The second kappa shape index (κ2) is 7.17. The van der Waals surface area contributed by atoms with E-state index in [1.165, 1.54) is 0 Å². The third kappa shape index (κ3) is 3.38. The number of esters is 1. The maximum absolute atomic E-state index is 12.5. The lowest BCUT2D eigenvalue weighted by Gasteiger charge is -2.10. The van der Waals surface area contributed by atoms with E-state index in [-0.39, 0.29) is 5.69 Å². The van der Waals surface area contributed by atoms with E-state index in [4.69, 9.17) is 9.47 Å². The normalized spacial score (nSPS) is 10.5. The summed E-state index contributed by atoms with van der Waals surface area (Å²) in [5.74, 6) is 0.653. The molecule has 0 saturated heterocycles. The van der Waals surface area contributed by atoms with Gasteiger partial charge in [-0.15, -0.1) is 5.10 Å². The molecule has 1 heterocycles. The van der Waals surface area contributed by atoms with Gasteiger partial charge in [-0.05, 0) is 44.5 Å². The Morgan fingerprint density at radius 2 is 1.72 bits per heavy atom. The molecule has 0 saturated carbocycles. The topological polar surface area (TPSA) is 66.2 Å². The minimum absolute atomic E-state index is 0.176. The van der Waals surface area contributed by atoms with Crippen molar-refractivity contribution in [2.75, 3.05) is 6.61 Å². The zero-order valence-corrected chi connectivity index (χ0v) is 14.4. The van der Waals surface area contributed by atoms with Crippen molar-refractivity contribution in [2.45, 2.75) is 20.8 Å². The number of rotatable bonds is 5. The molecule has 25 heavy (non-hydrogen) atoms. The molecule has 0 unspecified atom stereocenters. The number of hydrogen-bond acceptors (Lipinski definition) is 5. The Balaban J connectivity index is 1.91. The van der Waals surface area contributed by atoms with Gasteiger partial charge in [0.15, 0.2) is 5.69 Å². The first-order valence-electron chi connectivity index (χ1n) is 8.04. The molecule has 0 atom stereocenters. The number of aromatic nitrogens is 3. The van der Waals surface area contributed by atoms with Crippen LogP contribution in [0.3, 0.4) is 0 Å². The van der Waals surface area contributed by atoms with Crippen LogP contribution in [0.5, 0.6) is 11.5 Å². The fraction of sp³-hybridized carbons (Fsp3) is 0.211. The van der Waals surface area contributed by atoms with Gasteiger partial charge in [-0.3, -0.25) is 0 Å². The van der Waals surface area contributed by atoms with Crippen LogP contribution in [0.4, 0.5) is 0 Å². The Labute approximate surface area is 146 Å². The summed E-state index contributed by atoms with van der Waals surface area (Å²) in [5, 5.41) is 8.10. The van der Waals surface area contributed by atoms with E-state index in [0.717, 1.165) is 11.3 Å². The first kappa shape index (κ1) is 16.7. The van der Waals surface area contributed by atoms with Crippen LogP contribution in [0.15, 0.2) is 48.5 Å². The molecule has 6 nitrogen and oxygen atoms in total. The standard InChI is InChI=1S/C19H19N3O3/c1-4-24-17-12-8-6-10-15(17)22-14(3)18(20-21-22)19(23)25-16-11-7-5-9-13(16)2/h5-12H,4H2,1-3H3. The van der Waals surface area contributed by atoms with E-state index in [9.17, 15) is 4.79 Å². The lowest BCUT2D eigenvalue weighted by Crippen LogP contribution is -2.12. The average Bonchev–Trinajstić information content (AvgIpc) is 2.99. The molecule has 0 radical (unpaired) electrons. The lowest BCUT2D eigenvalue weighted by molar-refractivity contribution is 0.0726. The highest BCUT2D eigenvalue weighted by molar-refractivity contribution is 5.90. The molecule has 0 bridgehead atoms. The van der Waals surface area contributed by atoms with E-state index in [1.54, 1.807) is 17.7 Å². The maximum atomic E-state index is 12.5. The van der Waals surface area contributed by atoms with Gasteiger partial charge < -0.3 is 9.47 Å². The minimum Gasteiger partial charge on any atom is -0.492 e. The molecular weight excluding hydrogens is 318 g/mol. The predicted molar refractivity (Wildman–Crippen MR) is 93.4 cm³/mol. The van der Waals surface area contributed by atoms with Crippen LogP contribution in [-0.4, -0.2) is 27.6 Å². The summed E-state index contributed by atoms with van der Waals surface area (Å²) in [7, 11) is 0. The van der Waals surface area contributed by atoms with Gasteiger partial charge in [0, 0.05) is 0 Å². The van der Waals surface area contributed by atoms with Crippen molar-refractivity contribution in [3.8, 4) is 17.2 Å². The molecule has 6 heteroatoms. The van der Waals surface area contributed by atoms with Gasteiger partial charge in [-0.1, -0.05) is 35.5 Å². The highest BCUT2D eigenvalue weighted by Crippen LogP contribution is 2.24. The Morgan fingerprint density at radius 3 is 2.44 bits per heavy atom. The molecule has 0 aliphatic heterocycles. The molecule has 3 rings (SSSR count). The summed E-state index contributed by atoms with van der Waals surface area (Å²) >= 11 is 0. The van der Waals surface area contributed by atoms with Gasteiger partial charge in [-0.25, -0.2) is 9.48 Å². The number of para-hydroxylation sites is 3. The molecule has 0 aliphatic carbocycles. The predicted octanol–water partition coefficient (Wildman–Crippen LogP) is 3.50. The third-order valence-corrected chi connectivity index (χ3v) is 3.78. The zero-order valence-electron chi connectivity index (χ0n) is 14.4. The summed E-state index contributed by atoms with van der Waals surface area (Å²) in [6, 6.07) is 14.8. The van der Waals surface area contributed by atoms with Crippen molar-refractivity contribution in [2.24, 2.45) is 0 Å². The number of carbonyl (C=O) groups is 1. The second-order valence-electron chi connectivity index (χ2n) is 5.49. The summed E-state index contributed by atoms with van der Waals surface area (Å²) in [6.45, 7) is 6.10. The average molecular weight is 337 g/mol. The van der Waals surface area contributed by atoms with Crippen LogP contribution < -0.4 is 9.47 Å². The monoisotopic (exact) mass is 337 g/mol. The second-order valence-corrected chi connectivity index (χ2v) is 5.49. The SMILES string of the molecule is CCOc1ccccc1-n1nnc(C(=O)Oc2ccccc2C)c1C. The van der Waals surface area contributed by atoms with E-state index in [2.05, 4.69) is 10.3 Å². The number of benzene rings is 2. The highest BCUT2D eigenvalue weighted by atomic mass is 16.5.